The standard InChI is InChI=1S/C48H84O12S/c1-3-5-7-9-11-13-15-17-19-20-21-23-25-27-29-31-33-35-37-44(50)59-41(39-58-48-47(53)46(52)45(51)42(60-48)40-61(54,55)56)38-57-43(49)36-34-32-30-28-26-24-22-18-16-14-12-10-8-6-4-2/h12-15,18-20,22,41-42,45-48,51-53H,3-11,16-17,21,23-40H2,1-2H3,(H,54,55,56)/b14-12-,15-13-,20-19-,22-18-. The van der Waals surface area contributed by atoms with Gasteiger partial charge in [-0.15, -0.1) is 0 Å². The quantitative estimate of drug-likeness (QED) is 0.0198. The summed E-state index contributed by atoms with van der Waals surface area (Å²) >= 11 is 0. The molecule has 0 amide bonds. The van der Waals surface area contributed by atoms with Crippen LogP contribution in [0.3, 0.4) is 0 Å². The van der Waals surface area contributed by atoms with Crippen molar-refractivity contribution in [2.45, 2.75) is 224 Å². The van der Waals surface area contributed by atoms with E-state index in [2.05, 4.69) is 62.5 Å². The third kappa shape index (κ3) is 32.9. The molecule has 61 heavy (non-hydrogen) atoms. The Kier molecular flexibility index (Phi) is 35.4. The van der Waals surface area contributed by atoms with Crippen LogP contribution in [0.4, 0.5) is 0 Å². The fourth-order valence-electron chi connectivity index (χ4n) is 6.91. The number of unbranched alkanes of at least 4 members (excludes halogenated alkanes) is 19. The molecule has 0 bridgehead atoms. The largest absolute Gasteiger partial charge is 0.462 e. The number of hydrogen-bond acceptors (Lipinski definition) is 11. The number of allylic oxidation sites excluding steroid dienone is 8. The fraction of sp³-hybridized carbons (Fsp3) is 0.792. The number of carbonyl (C=O) groups excluding carboxylic acids is 2. The minimum absolute atomic E-state index is 0.151. The maximum Gasteiger partial charge on any atom is 0.306 e. The molecule has 354 valence electrons. The highest BCUT2D eigenvalue weighted by Gasteiger charge is 2.46. The molecule has 13 heteroatoms. The average Bonchev–Trinajstić information content (AvgIpc) is 3.22. The molecule has 6 unspecified atom stereocenters. The Morgan fingerprint density at radius 3 is 1.48 bits per heavy atom. The van der Waals surface area contributed by atoms with Crippen molar-refractivity contribution < 1.29 is 56.8 Å². The van der Waals surface area contributed by atoms with Gasteiger partial charge in [-0.3, -0.25) is 14.1 Å². The van der Waals surface area contributed by atoms with Crippen LogP contribution in [-0.2, 0) is 38.7 Å². The summed E-state index contributed by atoms with van der Waals surface area (Å²) in [7, 11) is -4.61. The van der Waals surface area contributed by atoms with E-state index in [9.17, 15) is 37.9 Å². The third-order valence-corrected chi connectivity index (χ3v) is 11.4. The summed E-state index contributed by atoms with van der Waals surface area (Å²) in [6.07, 6.45) is 35.7. The molecular weight excluding hydrogens is 801 g/mol. The normalized spacial score (nSPS) is 20.4. The molecule has 0 aromatic heterocycles. The monoisotopic (exact) mass is 885 g/mol. The summed E-state index contributed by atoms with van der Waals surface area (Å²) in [5.74, 6) is -2.01. The predicted molar refractivity (Wildman–Crippen MR) is 242 cm³/mol. The summed E-state index contributed by atoms with van der Waals surface area (Å²) in [6.45, 7) is 3.70. The van der Waals surface area contributed by atoms with Crippen molar-refractivity contribution in [1.82, 2.24) is 0 Å². The smallest absolute Gasteiger partial charge is 0.306 e. The highest BCUT2D eigenvalue weighted by Crippen LogP contribution is 2.24. The van der Waals surface area contributed by atoms with Crippen LogP contribution in [0.1, 0.15) is 187 Å². The molecule has 1 heterocycles. The number of aliphatic hydroxyl groups is 3. The molecule has 1 aliphatic heterocycles. The first-order valence-electron chi connectivity index (χ1n) is 23.7. The molecule has 0 saturated carbocycles. The lowest BCUT2D eigenvalue weighted by Crippen LogP contribution is -2.60. The first-order chi connectivity index (χ1) is 29.5. The van der Waals surface area contributed by atoms with E-state index in [4.69, 9.17) is 18.9 Å². The molecule has 4 N–H and O–H groups in total. The van der Waals surface area contributed by atoms with Crippen molar-refractivity contribution in [2.24, 2.45) is 0 Å². The van der Waals surface area contributed by atoms with E-state index >= 15 is 0 Å². The first-order valence-corrected chi connectivity index (χ1v) is 25.3. The van der Waals surface area contributed by atoms with Gasteiger partial charge in [-0.2, -0.15) is 8.42 Å². The number of rotatable bonds is 39. The van der Waals surface area contributed by atoms with Gasteiger partial charge in [-0.25, -0.2) is 0 Å². The fourth-order valence-corrected chi connectivity index (χ4v) is 7.60. The van der Waals surface area contributed by atoms with E-state index in [1.54, 1.807) is 0 Å². The van der Waals surface area contributed by atoms with Crippen LogP contribution in [0.2, 0.25) is 0 Å². The molecule has 1 saturated heterocycles. The van der Waals surface area contributed by atoms with E-state index in [0.717, 1.165) is 89.9 Å². The summed E-state index contributed by atoms with van der Waals surface area (Å²) < 4.78 is 54.1. The third-order valence-electron chi connectivity index (χ3n) is 10.6. The highest BCUT2D eigenvalue weighted by atomic mass is 32.2. The van der Waals surface area contributed by atoms with Crippen LogP contribution in [0.25, 0.3) is 0 Å². The van der Waals surface area contributed by atoms with Crippen LogP contribution < -0.4 is 0 Å². The number of esters is 2. The summed E-state index contributed by atoms with van der Waals surface area (Å²) in [5.41, 5.74) is 0. The van der Waals surface area contributed by atoms with Crippen LogP contribution in [0.15, 0.2) is 48.6 Å². The van der Waals surface area contributed by atoms with Gasteiger partial charge in [0, 0.05) is 12.8 Å². The van der Waals surface area contributed by atoms with Gasteiger partial charge in [0.1, 0.15) is 36.8 Å². The van der Waals surface area contributed by atoms with Gasteiger partial charge >= 0.3 is 11.9 Å². The molecule has 0 radical (unpaired) electrons. The lowest BCUT2D eigenvalue weighted by atomic mass is 10.00. The lowest BCUT2D eigenvalue weighted by molar-refractivity contribution is -0.297. The van der Waals surface area contributed by atoms with Crippen molar-refractivity contribution in [3.8, 4) is 0 Å². The molecule has 1 aliphatic rings. The molecule has 1 fully saturated rings. The maximum atomic E-state index is 12.8. The van der Waals surface area contributed by atoms with Gasteiger partial charge < -0.3 is 34.3 Å². The van der Waals surface area contributed by atoms with E-state index < -0.39 is 71.2 Å². The first kappa shape index (κ1) is 56.6. The zero-order chi connectivity index (χ0) is 44.8. The van der Waals surface area contributed by atoms with Gasteiger partial charge in [-0.1, -0.05) is 146 Å². The Morgan fingerprint density at radius 1 is 0.557 bits per heavy atom. The molecule has 0 aromatic rings. The minimum Gasteiger partial charge on any atom is -0.462 e. The molecule has 0 aromatic carbocycles. The van der Waals surface area contributed by atoms with Gasteiger partial charge in [0.2, 0.25) is 0 Å². The van der Waals surface area contributed by atoms with Crippen LogP contribution in [0, 0.1) is 0 Å². The van der Waals surface area contributed by atoms with Crippen LogP contribution in [-0.4, -0.2) is 96.0 Å². The Hall–Kier alpha value is -2.39. The summed E-state index contributed by atoms with van der Waals surface area (Å²) in [4.78, 5) is 25.4. The second-order valence-corrected chi connectivity index (χ2v) is 17.9. The van der Waals surface area contributed by atoms with E-state index in [1.807, 2.05) is 0 Å². The Balaban J connectivity index is 2.44. The molecule has 0 spiro atoms. The lowest BCUT2D eigenvalue weighted by Gasteiger charge is -2.40. The second kappa shape index (κ2) is 38.1. The SMILES string of the molecule is CCCCC/C=C\C/C=C\CCCCCCCC(=O)OCC(COC1OC(CS(=O)(=O)O)C(O)C(O)C1O)OC(=O)CCCCCCCCC/C=C\C/C=C\CCCCCC. The molecule has 0 aliphatic carbocycles. The van der Waals surface area contributed by atoms with Crippen molar-refractivity contribution in [1.29, 1.82) is 0 Å². The van der Waals surface area contributed by atoms with Crippen molar-refractivity contribution in [3.05, 3.63) is 48.6 Å². The molecule has 1 rings (SSSR count). The second-order valence-electron chi connectivity index (χ2n) is 16.4. The summed E-state index contributed by atoms with van der Waals surface area (Å²) in [5, 5.41) is 30.9. The molecular formula is C48H84O12S. The van der Waals surface area contributed by atoms with Gasteiger partial charge in [0.25, 0.3) is 10.1 Å². The van der Waals surface area contributed by atoms with Gasteiger partial charge in [0.05, 0.1) is 6.61 Å². The van der Waals surface area contributed by atoms with Crippen LogP contribution in [0.5, 0.6) is 0 Å². The van der Waals surface area contributed by atoms with E-state index in [-0.39, 0.29) is 19.4 Å². The maximum absolute atomic E-state index is 12.8. The van der Waals surface area contributed by atoms with E-state index in [0.29, 0.717) is 12.8 Å². The van der Waals surface area contributed by atoms with Crippen molar-refractivity contribution in [3.63, 3.8) is 0 Å². The van der Waals surface area contributed by atoms with Crippen molar-refractivity contribution >= 4 is 22.1 Å². The van der Waals surface area contributed by atoms with Gasteiger partial charge in [0.15, 0.2) is 12.4 Å². The number of hydrogen-bond donors (Lipinski definition) is 4. The number of carbonyl (C=O) groups is 2. The average molecular weight is 885 g/mol. The topological polar surface area (TPSA) is 186 Å². The van der Waals surface area contributed by atoms with Crippen LogP contribution >= 0.6 is 0 Å². The molecule has 6 atom stereocenters. The van der Waals surface area contributed by atoms with Gasteiger partial charge in [-0.05, 0) is 77.0 Å². The molecule has 12 nitrogen and oxygen atoms in total. The number of ether oxygens (including phenoxy) is 4. The zero-order valence-electron chi connectivity index (χ0n) is 37.8. The van der Waals surface area contributed by atoms with E-state index in [1.165, 1.54) is 57.8 Å². The number of aliphatic hydroxyl groups excluding tert-OH is 3. The van der Waals surface area contributed by atoms with Crippen molar-refractivity contribution in [2.75, 3.05) is 19.0 Å². The zero-order valence-corrected chi connectivity index (χ0v) is 38.6. The highest BCUT2D eigenvalue weighted by molar-refractivity contribution is 7.85. The Labute approximate surface area is 369 Å². The summed E-state index contributed by atoms with van der Waals surface area (Å²) in [6, 6.07) is 0. The Bertz CT molecular complexity index is 1310. The predicted octanol–water partition coefficient (Wildman–Crippen LogP) is 9.95. The minimum atomic E-state index is -4.61. The Morgan fingerprint density at radius 2 is 0.984 bits per heavy atom.